The average Bonchev–Trinajstić information content (AvgIpc) is 3.33. The summed E-state index contributed by atoms with van der Waals surface area (Å²) in [6, 6.07) is 72.9. The van der Waals surface area contributed by atoms with Crippen LogP contribution in [-0.4, -0.2) is 8.07 Å². The fourth-order valence-electron chi connectivity index (χ4n) is 8.30. The highest BCUT2D eigenvalue weighted by Gasteiger charge is 2.41. The summed E-state index contributed by atoms with van der Waals surface area (Å²) in [4.78, 5) is 2.01. The summed E-state index contributed by atoms with van der Waals surface area (Å²) in [6.45, 7) is 0. The lowest BCUT2D eigenvalue weighted by atomic mass is 10.00. The molecule has 7 heteroatoms. The highest BCUT2D eigenvalue weighted by atomic mass is 28.3. The monoisotopic (exact) mass is 821 g/mol. The maximum Gasteiger partial charge on any atom is 0.200 e. The van der Waals surface area contributed by atoms with Crippen LogP contribution in [0.5, 0.6) is 0 Å². The molecule has 0 saturated carbocycles. The van der Waals surface area contributed by atoms with Crippen molar-refractivity contribution in [2.75, 3.05) is 4.90 Å². The van der Waals surface area contributed by atoms with Crippen molar-refractivity contribution in [3.63, 3.8) is 0 Å². The van der Waals surface area contributed by atoms with Gasteiger partial charge in [-0.3, -0.25) is 0 Å². The Morgan fingerprint density at radius 2 is 0.508 bits per heavy atom. The first kappa shape index (κ1) is 39.1. The van der Waals surface area contributed by atoms with Crippen molar-refractivity contribution in [3.05, 3.63) is 247 Å². The van der Waals surface area contributed by atoms with Crippen LogP contribution in [-0.2, 0) is 0 Å². The SMILES string of the molecule is Fc1c(F)c(F)c(-c2ccc(N(c3ccc(-c4ccc(-c5ccccc5)cc4)cc3)c3ccc([Si](c4ccccc4)(c4ccccc4)c4ccccc4)cc3)cc2)c(F)c1F. The Balaban J connectivity index is 1.15. The van der Waals surface area contributed by atoms with E-state index >= 15 is 0 Å². The molecule has 0 spiro atoms. The quantitative estimate of drug-likeness (QED) is 0.0437. The third-order valence-electron chi connectivity index (χ3n) is 11.3. The molecule has 0 aliphatic carbocycles. The van der Waals surface area contributed by atoms with Crippen molar-refractivity contribution >= 4 is 45.9 Å². The molecule has 0 saturated heterocycles. The van der Waals surface area contributed by atoms with Crippen LogP contribution in [0.25, 0.3) is 33.4 Å². The number of anilines is 3. The smallest absolute Gasteiger partial charge is 0.200 e. The van der Waals surface area contributed by atoms with Crippen LogP contribution < -0.4 is 25.6 Å². The normalized spacial score (nSPS) is 11.4. The highest BCUT2D eigenvalue weighted by Crippen LogP contribution is 2.38. The van der Waals surface area contributed by atoms with Gasteiger partial charge in [0.1, 0.15) is 0 Å². The van der Waals surface area contributed by atoms with Crippen molar-refractivity contribution in [1.82, 2.24) is 0 Å². The molecule has 0 bridgehead atoms. The number of halogens is 5. The topological polar surface area (TPSA) is 3.24 Å². The Labute approximate surface area is 352 Å². The first-order chi connectivity index (χ1) is 29.8. The van der Waals surface area contributed by atoms with Gasteiger partial charge in [0.15, 0.2) is 31.3 Å². The van der Waals surface area contributed by atoms with E-state index in [1.54, 1.807) is 12.1 Å². The van der Waals surface area contributed by atoms with E-state index in [-0.39, 0.29) is 5.56 Å². The van der Waals surface area contributed by atoms with Crippen LogP contribution in [0.2, 0.25) is 0 Å². The van der Waals surface area contributed by atoms with E-state index in [0.717, 1.165) is 38.8 Å². The number of rotatable bonds is 10. The lowest BCUT2D eigenvalue weighted by Gasteiger charge is -2.35. The predicted octanol–water partition coefficient (Wildman–Crippen LogP) is 12.2. The molecule has 0 heterocycles. The van der Waals surface area contributed by atoms with Gasteiger partial charge in [-0.2, -0.15) is 0 Å². The van der Waals surface area contributed by atoms with Crippen molar-refractivity contribution < 1.29 is 22.0 Å². The van der Waals surface area contributed by atoms with Gasteiger partial charge < -0.3 is 4.90 Å². The van der Waals surface area contributed by atoms with E-state index in [4.69, 9.17) is 0 Å². The molecular formula is C54H36F5NSi. The summed E-state index contributed by atoms with van der Waals surface area (Å²) in [5.74, 6) is -9.94. The maximum atomic E-state index is 14.9. The number of hydrogen-bond donors (Lipinski definition) is 0. The zero-order valence-corrected chi connectivity index (χ0v) is 33.6. The zero-order chi connectivity index (χ0) is 41.9. The molecule has 0 fully saturated rings. The second kappa shape index (κ2) is 16.7. The van der Waals surface area contributed by atoms with Crippen LogP contribution in [0.4, 0.5) is 39.0 Å². The summed E-state index contributed by atoms with van der Waals surface area (Å²) in [6.07, 6.45) is 0. The number of hydrogen-bond acceptors (Lipinski definition) is 1. The minimum atomic E-state index is -2.83. The molecule has 0 aromatic heterocycles. The fraction of sp³-hybridized carbons (Fsp3) is 0. The second-order valence-corrected chi connectivity index (χ2v) is 18.5. The molecule has 0 atom stereocenters. The van der Waals surface area contributed by atoms with Crippen LogP contribution in [0.3, 0.4) is 0 Å². The van der Waals surface area contributed by atoms with Crippen LogP contribution in [0, 0.1) is 29.1 Å². The van der Waals surface area contributed by atoms with E-state index in [1.807, 2.05) is 65.6 Å². The molecule has 296 valence electrons. The van der Waals surface area contributed by atoms with Gasteiger partial charge >= 0.3 is 0 Å². The van der Waals surface area contributed by atoms with Gasteiger partial charge in [0.2, 0.25) is 5.82 Å². The fourth-order valence-corrected chi connectivity index (χ4v) is 13.0. The molecule has 0 aliphatic heterocycles. The minimum absolute atomic E-state index is 0.148. The first-order valence-electron chi connectivity index (χ1n) is 19.8. The van der Waals surface area contributed by atoms with Gasteiger partial charge in [-0.15, -0.1) is 0 Å². The number of nitrogens with zero attached hydrogens (tertiary/aromatic N) is 1. The average molecular weight is 822 g/mol. The molecular weight excluding hydrogens is 786 g/mol. The Kier molecular flexibility index (Phi) is 10.7. The molecule has 9 aromatic carbocycles. The van der Waals surface area contributed by atoms with Crippen molar-refractivity contribution in [3.8, 4) is 33.4 Å². The van der Waals surface area contributed by atoms with Crippen molar-refractivity contribution in [2.45, 2.75) is 0 Å². The molecule has 0 unspecified atom stereocenters. The van der Waals surface area contributed by atoms with Gasteiger partial charge in [-0.25, -0.2) is 22.0 Å². The first-order valence-corrected chi connectivity index (χ1v) is 21.8. The molecule has 0 N–H and O–H groups in total. The van der Waals surface area contributed by atoms with Gasteiger partial charge in [0.25, 0.3) is 0 Å². The van der Waals surface area contributed by atoms with Gasteiger partial charge in [-0.1, -0.05) is 182 Å². The molecule has 61 heavy (non-hydrogen) atoms. The van der Waals surface area contributed by atoms with Gasteiger partial charge in [0, 0.05) is 17.1 Å². The summed E-state index contributed by atoms with van der Waals surface area (Å²) in [5, 5.41) is 4.85. The standard InChI is InChI=1S/C54H36F5NSi/c55-50-49(51(56)53(58)54(59)52(50)57)41-27-31-43(32-28-41)60(42-29-25-40(26-30-42)39-23-21-38(22-24-39)37-13-5-1-6-14-37)44-33-35-48(36-34-44)61(45-15-7-2-8-16-45,46-17-9-3-10-18-46)47-19-11-4-12-20-47/h1-36H. The molecule has 9 rings (SSSR count). The number of benzene rings is 9. The Bertz CT molecular complexity index is 2780. The third kappa shape index (κ3) is 7.23. The molecule has 9 aromatic rings. The molecule has 0 amide bonds. The second-order valence-electron chi connectivity index (χ2n) is 14.7. The summed E-state index contributed by atoms with van der Waals surface area (Å²) in [7, 11) is -2.83. The summed E-state index contributed by atoms with van der Waals surface area (Å²) in [5.41, 5.74) is 5.36. The van der Waals surface area contributed by atoms with E-state index in [1.165, 1.54) is 27.7 Å². The van der Waals surface area contributed by atoms with Gasteiger partial charge in [0.05, 0.1) is 5.56 Å². The summed E-state index contributed by atoms with van der Waals surface area (Å²) >= 11 is 0. The van der Waals surface area contributed by atoms with Crippen molar-refractivity contribution in [1.29, 1.82) is 0 Å². The molecule has 0 radical (unpaired) electrons. The third-order valence-corrected chi connectivity index (χ3v) is 16.1. The van der Waals surface area contributed by atoms with Crippen LogP contribution >= 0.6 is 0 Å². The van der Waals surface area contributed by atoms with Gasteiger partial charge in [-0.05, 0) is 85.0 Å². The predicted molar refractivity (Wildman–Crippen MR) is 241 cm³/mol. The van der Waals surface area contributed by atoms with Crippen molar-refractivity contribution in [2.24, 2.45) is 0 Å². The maximum absolute atomic E-state index is 14.9. The zero-order valence-electron chi connectivity index (χ0n) is 32.6. The van der Waals surface area contributed by atoms with Crippen LogP contribution in [0.15, 0.2) is 218 Å². The lowest BCUT2D eigenvalue weighted by Crippen LogP contribution is -2.74. The van der Waals surface area contributed by atoms with E-state index in [0.29, 0.717) is 5.69 Å². The Hall–Kier alpha value is -7.35. The Morgan fingerprint density at radius 3 is 0.885 bits per heavy atom. The van der Waals surface area contributed by atoms with E-state index < -0.39 is 42.7 Å². The van der Waals surface area contributed by atoms with E-state index in [2.05, 4.69) is 133 Å². The molecule has 1 nitrogen and oxygen atoms in total. The summed E-state index contributed by atoms with van der Waals surface area (Å²) < 4.78 is 72.4. The highest BCUT2D eigenvalue weighted by molar-refractivity contribution is 7.19. The molecule has 0 aliphatic rings. The minimum Gasteiger partial charge on any atom is -0.311 e. The van der Waals surface area contributed by atoms with E-state index in [9.17, 15) is 22.0 Å². The lowest BCUT2D eigenvalue weighted by molar-refractivity contribution is 0.381. The largest absolute Gasteiger partial charge is 0.311 e. The Morgan fingerprint density at radius 1 is 0.246 bits per heavy atom. The van der Waals surface area contributed by atoms with Crippen LogP contribution in [0.1, 0.15) is 0 Å².